The summed E-state index contributed by atoms with van der Waals surface area (Å²) >= 11 is 0. The van der Waals surface area contributed by atoms with E-state index in [1.54, 1.807) is 6.08 Å². The lowest BCUT2D eigenvalue weighted by Gasteiger charge is -2.13. The van der Waals surface area contributed by atoms with Crippen molar-refractivity contribution in [3.05, 3.63) is 150 Å². The molecule has 0 amide bonds. The molecule has 0 aliphatic heterocycles. The summed E-state index contributed by atoms with van der Waals surface area (Å²) in [5.74, 6) is 0.477. The molecule has 0 unspecified atom stereocenters. The van der Waals surface area contributed by atoms with Crippen LogP contribution in [0.2, 0.25) is 0 Å². The molecule has 0 fully saturated rings. The molecule has 8 heteroatoms. The minimum Gasteiger partial charge on any atom is -0.476 e. The van der Waals surface area contributed by atoms with E-state index in [9.17, 15) is 4.79 Å². The summed E-state index contributed by atoms with van der Waals surface area (Å²) in [6.45, 7) is 2.79. The lowest BCUT2D eigenvalue weighted by Crippen LogP contribution is -2.03. The fraction of sp³-hybridized carbons (Fsp3) is 0.163. The lowest BCUT2D eigenvalue weighted by molar-refractivity contribution is 0.111. The van der Waals surface area contributed by atoms with E-state index in [1.165, 1.54) is 25.7 Å². The molecule has 8 aromatic rings. The molecule has 3 aromatic heterocycles. The molecule has 0 saturated carbocycles. The average molecular weight is 747 g/mol. The zero-order valence-corrected chi connectivity index (χ0v) is 31.9. The Labute approximate surface area is 332 Å². The number of hydrogen-bond donors (Lipinski definition) is 0. The van der Waals surface area contributed by atoms with Crippen LogP contribution in [-0.2, 0) is 0 Å². The number of hydrogen-bond acceptors (Lipinski definition) is 8. The Morgan fingerprint density at radius 2 is 0.842 bits per heavy atom. The van der Waals surface area contributed by atoms with E-state index in [0.717, 1.165) is 63.4 Å². The van der Waals surface area contributed by atoms with E-state index >= 15 is 0 Å². The molecule has 280 valence electrons. The summed E-state index contributed by atoms with van der Waals surface area (Å²) in [5.41, 5.74) is 11.1. The van der Waals surface area contributed by atoms with Crippen LogP contribution in [0.5, 0.6) is 5.88 Å². The first-order chi connectivity index (χ1) is 28.2. The number of fused-ring (bicyclic) bond motifs is 3. The Morgan fingerprint density at radius 1 is 0.439 bits per heavy atom. The first kappa shape index (κ1) is 37.0. The smallest absolute Gasteiger partial charge is 0.240 e. The fourth-order valence-corrected chi connectivity index (χ4v) is 6.90. The standard InChI is InChI=1S/C49H42N6O2/c1-2-3-4-5-6-17-30-57-49-45(51-40-24-15-16-25-41(40)55-49)29-28-43-42(26-27-44-48(33-56)54-39-23-14-13-22-38(39)50-44)52-46-31-36(34-18-9-7-10-19-34)37(32-47(46)53-43)35-20-11-8-12-21-35/h7-16,18-29,31-33H,2-6,17,30H2,1H3/b27-26+,29-28+. The van der Waals surface area contributed by atoms with E-state index < -0.39 is 0 Å². The van der Waals surface area contributed by atoms with Crippen molar-refractivity contribution in [2.75, 3.05) is 6.61 Å². The molecule has 8 nitrogen and oxygen atoms in total. The second-order valence-corrected chi connectivity index (χ2v) is 13.9. The number of benzene rings is 5. The highest BCUT2D eigenvalue weighted by molar-refractivity contribution is 5.95. The molecule has 0 spiro atoms. The maximum atomic E-state index is 12.2. The molecular weight excluding hydrogens is 705 g/mol. The van der Waals surface area contributed by atoms with Crippen LogP contribution in [0.1, 0.15) is 78.7 Å². The molecule has 0 bridgehead atoms. The van der Waals surface area contributed by atoms with Gasteiger partial charge in [-0.25, -0.2) is 29.9 Å². The zero-order chi connectivity index (χ0) is 38.8. The van der Waals surface area contributed by atoms with Crippen molar-refractivity contribution in [2.24, 2.45) is 0 Å². The molecule has 0 N–H and O–H groups in total. The zero-order valence-electron chi connectivity index (χ0n) is 31.9. The third-order valence-electron chi connectivity index (χ3n) is 9.86. The third kappa shape index (κ3) is 8.66. The van der Waals surface area contributed by atoms with Gasteiger partial charge in [-0.05, 0) is 89.4 Å². The van der Waals surface area contributed by atoms with E-state index in [-0.39, 0.29) is 5.69 Å². The van der Waals surface area contributed by atoms with Gasteiger partial charge in [0.25, 0.3) is 0 Å². The number of carbonyl (C=O) groups is 1. The molecule has 0 atom stereocenters. The van der Waals surface area contributed by atoms with Crippen molar-refractivity contribution in [3.8, 4) is 28.1 Å². The Bertz CT molecular complexity index is 2730. The number of unbranched alkanes of at least 4 members (excludes halogenated alkanes) is 5. The Balaban J connectivity index is 1.24. The van der Waals surface area contributed by atoms with Crippen LogP contribution < -0.4 is 4.74 Å². The summed E-state index contributed by atoms with van der Waals surface area (Å²) < 4.78 is 6.30. The van der Waals surface area contributed by atoms with E-state index in [4.69, 9.17) is 29.7 Å². The molecule has 0 aliphatic carbocycles. The highest BCUT2D eigenvalue weighted by Crippen LogP contribution is 2.35. The third-order valence-corrected chi connectivity index (χ3v) is 9.86. The maximum absolute atomic E-state index is 12.2. The molecule has 0 radical (unpaired) electrons. The van der Waals surface area contributed by atoms with Crippen molar-refractivity contribution in [1.82, 2.24) is 29.9 Å². The van der Waals surface area contributed by atoms with Gasteiger partial charge in [0, 0.05) is 0 Å². The Morgan fingerprint density at radius 3 is 1.37 bits per heavy atom. The van der Waals surface area contributed by atoms with Crippen LogP contribution in [0.25, 0.3) is 79.7 Å². The SMILES string of the molecule is CCCCCCCCOc1nc2ccccc2nc1/C=C/c1nc2cc(-c3ccccc3)c(-c3ccccc3)cc2nc1/C=C/c1nc2ccccc2nc1C=O. The second kappa shape index (κ2) is 17.7. The predicted molar refractivity (Wildman–Crippen MR) is 232 cm³/mol. The molecule has 8 rings (SSSR count). The van der Waals surface area contributed by atoms with Gasteiger partial charge in [0.05, 0.1) is 56.8 Å². The first-order valence-electron chi connectivity index (χ1n) is 19.6. The quantitative estimate of drug-likeness (QED) is 0.0754. The summed E-state index contributed by atoms with van der Waals surface area (Å²) in [7, 11) is 0. The fourth-order valence-electron chi connectivity index (χ4n) is 6.90. The molecular formula is C49H42N6O2. The van der Waals surface area contributed by atoms with E-state index in [0.29, 0.717) is 46.3 Å². The van der Waals surface area contributed by atoms with Crippen LogP contribution in [-0.4, -0.2) is 42.8 Å². The van der Waals surface area contributed by atoms with Crippen LogP contribution in [0.15, 0.2) is 121 Å². The molecule has 3 heterocycles. The molecule has 5 aromatic carbocycles. The number of carbonyl (C=O) groups excluding carboxylic acids is 1. The monoisotopic (exact) mass is 746 g/mol. The number of aromatic nitrogens is 6. The van der Waals surface area contributed by atoms with Gasteiger partial charge in [0.2, 0.25) is 5.88 Å². The average Bonchev–Trinajstić information content (AvgIpc) is 3.26. The van der Waals surface area contributed by atoms with Crippen LogP contribution >= 0.6 is 0 Å². The van der Waals surface area contributed by atoms with Gasteiger partial charge in [-0.3, -0.25) is 4.79 Å². The van der Waals surface area contributed by atoms with Gasteiger partial charge in [-0.2, -0.15) is 0 Å². The summed E-state index contributed by atoms with van der Waals surface area (Å²) in [6.07, 6.45) is 15.1. The van der Waals surface area contributed by atoms with Crippen LogP contribution in [0, 0.1) is 0 Å². The highest BCUT2D eigenvalue weighted by atomic mass is 16.5. The van der Waals surface area contributed by atoms with Crippen molar-refractivity contribution >= 4 is 63.7 Å². The number of para-hydroxylation sites is 4. The minimum absolute atomic E-state index is 0.244. The van der Waals surface area contributed by atoms with Crippen molar-refractivity contribution in [1.29, 1.82) is 0 Å². The Hall–Kier alpha value is -6.93. The summed E-state index contributed by atoms with van der Waals surface area (Å²) in [5, 5.41) is 0. The number of ether oxygens (including phenoxy) is 1. The van der Waals surface area contributed by atoms with Crippen LogP contribution in [0.3, 0.4) is 0 Å². The highest BCUT2D eigenvalue weighted by Gasteiger charge is 2.15. The largest absolute Gasteiger partial charge is 0.476 e. The van der Waals surface area contributed by atoms with Gasteiger partial charge in [0.1, 0.15) is 11.4 Å². The maximum Gasteiger partial charge on any atom is 0.240 e. The number of aldehydes is 1. The predicted octanol–water partition coefficient (Wildman–Crippen LogP) is 11.7. The second-order valence-electron chi connectivity index (χ2n) is 13.9. The van der Waals surface area contributed by atoms with Gasteiger partial charge < -0.3 is 4.74 Å². The van der Waals surface area contributed by atoms with Gasteiger partial charge in [0.15, 0.2) is 6.29 Å². The summed E-state index contributed by atoms with van der Waals surface area (Å²) in [4.78, 5) is 41.8. The lowest BCUT2D eigenvalue weighted by atomic mass is 9.93. The first-order valence-corrected chi connectivity index (χ1v) is 19.6. The number of nitrogens with zero attached hydrogens (tertiary/aromatic N) is 6. The van der Waals surface area contributed by atoms with Gasteiger partial charge >= 0.3 is 0 Å². The normalized spacial score (nSPS) is 11.7. The van der Waals surface area contributed by atoms with Gasteiger partial charge in [-0.15, -0.1) is 0 Å². The molecule has 0 aliphatic rings. The summed E-state index contributed by atoms with van der Waals surface area (Å²) in [6, 6.07) is 40.1. The van der Waals surface area contributed by atoms with Crippen molar-refractivity contribution < 1.29 is 9.53 Å². The van der Waals surface area contributed by atoms with Crippen LogP contribution in [0.4, 0.5) is 0 Å². The van der Waals surface area contributed by atoms with E-state index in [2.05, 4.69) is 48.3 Å². The molecule has 0 saturated heterocycles. The van der Waals surface area contributed by atoms with Crippen molar-refractivity contribution in [2.45, 2.75) is 45.4 Å². The van der Waals surface area contributed by atoms with Crippen molar-refractivity contribution in [3.63, 3.8) is 0 Å². The molecule has 57 heavy (non-hydrogen) atoms. The number of rotatable bonds is 15. The minimum atomic E-state index is 0.244. The van der Waals surface area contributed by atoms with E-state index in [1.807, 2.05) is 103 Å². The van der Waals surface area contributed by atoms with Gasteiger partial charge in [-0.1, -0.05) is 124 Å². The topological polar surface area (TPSA) is 104 Å². The Kier molecular flexibility index (Phi) is 11.5.